The lowest BCUT2D eigenvalue weighted by Crippen LogP contribution is -2.39. The molecule has 0 amide bonds. The highest BCUT2D eigenvalue weighted by atomic mass is 16.4. The van der Waals surface area contributed by atoms with E-state index in [0.29, 0.717) is 0 Å². The highest BCUT2D eigenvalue weighted by Crippen LogP contribution is 2.27. The summed E-state index contributed by atoms with van der Waals surface area (Å²) in [7, 11) is 0. The van der Waals surface area contributed by atoms with Gasteiger partial charge in [-0.05, 0) is 19.3 Å². The third-order valence-corrected chi connectivity index (χ3v) is 6.08. The van der Waals surface area contributed by atoms with Crippen LogP contribution in [0.5, 0.6) is 0 Å². The predicted octanol–water partition coefficient (Wildman–Crippen LogP) is 9.03. The van der Waals surface area contributed by atoms with Crippen molar-refractivity contribution in [2.45, 2.75) is 168 Å². The van der Waals surface area contributed by atoms with Crippen molar-refractivity contribution in [2.75, 3.05) is 0 Å². The molecular weight excluding hydrogens is 370 g/mol. The van der Waals surface area contributed by atoms with Gasteiger partial charge in [0.05, 0.1) is 0 Å². The molecule has 3 N–H and O–H groups in total. The normalized spacial score (nSPS) is 11.2. The number of carboxylic acid groups (broad SMARTS) is 1. The Morgan fingerprint density at radius 2 is 0.767 bits per heavy atom. The third-order valence-electron chi connectivity index (χ3n) is 6.08. The second-order valence-corrected chi connectivity index (χ2v) is 9.43. The van der Waals surface area contributed by atoms with Crippen LogP contribution in [-0.4, -0.2) is 16.6 Å². The van der Waals surface area contributed by atoms with Crippen LogP contribution in [0.2, 0.25) is 0 Å². The molecule has 3 nitrogen and oxygen atoms in total. The molecule has 0 spiro atoms. The zero-order valence-corrected chi connectivity index (χ0v) is 21.3. The molecular formula is C27H57NO2. The summed E-state index contributed by atoms with van der Waals surface area (Å²) in [6.07, 6.45) is 28.8. The first-order valence-electron chi connectivity index (χ1n) is 13.4. The lowest BCUT2D eigenvalue weighted by atomic mass is 9.82. The molecule has 3 heteroatoms. The maximum absolute atomic E-state index is 9.00. The van der Waals surface area contributed by atoms with Crippen LogP contribution in [0.1, 0.15) is 163 Å². The van der Waals surface area contributed by atoms with Crippen molar-refractivity contribution in [1.82, 2.24) is 0 Å². The fourth-order valence-electron chi connectivity index (χ4n) is 4.15. The van der Waals surface area contributed by atoms with Gasteiger partial charge in [-0.3, -0.25) is 4.79 Å². The molecule has 182 valence electrons. The van der Waals surface area contributed by atoms with E-state index in [1.807, 2.05) is 0 Å². The molecule has 0 fully saturated rings. The molecule has 0 saturated heterocycles. The minimum Gasteiger partial charge on any atom is -0.481 e. The average molecular weight is 428 g/mol. The zero-order valence-electron chi connectivity index (χ0n) is 21.3. The van der Waals surface area contributed by atoms with E-state index in [0.717, 1.165) is 6.92 Å². The Balaban J connectivity index is 0. The van der Waals surface area contributed by atoms with Crippen molar-refractivity contribution in [2.24, 2.45) is 5.73 Å². The van der Waals surface area contributed by atoms with Gasteiger partial charge in [0.2, 0.25) is 0 Å². The van der Waals surface area contributed by atoms with Gasteiger partial charge in [0, 0.05) is 12.5 Å². The minimum atomic E-state index is -0.833. The summed E-state index contributed by atoms with van der Waals surface area (Å²) in [4.78, 5) is 9.00. The Morgan fingerprint density at radius 3 is 1.00 bits per heavy atom. The van der Waals surface area contributed by atoms with Gasteiger partial charge < -0.3 is 10.8 Å². The third kappa shape index (κ3) is 27.4. The summed E-state index contributed by atoms with van der Waals surface area (Å²) >= 11 is 0. The van der Waals surface area contributed by atoms with Crippen LogP contribution in [-0.2, 0) is 4.79 Å². The molecule has 0 aromatic rings. The van der Waals surface area contributed by atoms with Gasteiger partial charge in [0.25, 0.3) is 5.97 Å². The first-order valence-corrected chi connectivity index (χ1v) is 13.4. The summed E-state index contributed by atoms with van der Waals surface area (Å²) in [6, 6.07) is 0. The second-order valence-electron chi connectivity index (χ2n) is 9.43. The van der Waals surface area contributed by atoms with Crippen molar-refractivity contribution in [3.63, 3.8) is 0 Å². The molecule has 0 saturated carbocycles. The van der Waals surface area contributed by atoms with E-state index < -0.39 is 5.97 Å². The monoisotopic (exact) mass is 427 g/mol. The summed E-state index contributed by atoms with van der Waals surface area (Å²) in [5, 5.41) is 7.42. The minimum absolute atomic E-state index is 0.139. The topological polar surface area (TPSA) is 63.3 Å². The molecule has 0 aliphatic carbocycles. The smallest absolute Gasteiger partial charge is 0.300 e. The van der Waals surface area contributed by atoms with Crippen LogP contribution in [0.4, 0.5) is 0 Å². The number of rotatable bonds is 21. The number of carbonyl (C=O) groups is 1. The highest BCUT2D eigenvalue weighted by Gasteiger charge is 2.23. The number of hydrogen-bond acceptors (Lipinski definition) is 2. The van der Waals surface area contributed by atoms with E-state index >= 15 is 0 Å². The standard InChI is InChI=1S/C25H53N.C2H4O2/c1-4-7-10-13-16-19-22-25(26,23-20-17-14-11-8-5-2)24-21-18-15-12-9-6-3;1-2(3)4/h4-24,26H2,1-3H3;1H3,(H,3,4). The van der Waals surface area contributed by atoms with Gasteiger partial charge in [0.15, 0.2) is 0 Å². The average Bonchev–Trinajstić information content (AvgIpc) is 2.70. The van der Waals surface area contributed by atoms with Gasteiger partial charge in [-0.15, -0.1) is 0 Å². The number of hydrogen-bond donors (Lipinski definition) is 2. The van der Waals surface area contributed by atoms with Gasteiger partial charge >= 0.3 is 0 Å². The van der Waals surface area contributed by atoms with E-state index in [1.165, 1.54) is 135 Å². The molecule has 0 aromatic heterocycles. The zero-order chi connectivity index (χ0) is 22.9. The molecule has 0 radical (unpaired) electrons. The fourth-order valence-corrected chi connectivity index (χ4v) is 4.15. The van der Waals surface area contributed by atoms with Crippen molar-refractivity contribution in [1.29, 1.82) is 0 Å². The van der Waals surface area contributed by atoms with Gasteiger partial charge in [-0.1, -0.05) is 136 Å². The number of carboxylic acids is 1. The first-order chi connectivity index (χ1) is 14.4. The van der Waals surface area contributed by atoms with Crippen molar-refractivity contribution in [3.05, 3.63) is 0 Å². The SMILES string of the molecule is CC(=O)O.CCCCCCCCC(N)(CCCCCCCC)CCCCCCCC. The Hall–Kier alpha value is -0.570. The Morgan fingerprint density at radius 1 is 0.567 bits per heavy atom. The summed E-state index contributed by atoms with van der Waals surface area (Å²) in [5.74, 6) is -0.833. The summed E-state index contributed by atoms with van der Waals surface area (Å²) in [5.41, 5.74) is 7.06. The quantitative estimate of drug-likeness (QED) is 0.180. The van der Waals surface area contributed by atoms with Crippen LogP contribution in [0.25, 0.3) is 0 Å². The van der Waals surface area contributed by atoms with E-state index in [1.54, 1.807) is 0 Å². The van der Waals surface area contributed by atoms with Crippen molar-refractivity contribution < 1.29 is 9.90 Å². The molecule has 0 aliphatic rings. The fraction of sp³-hybridized carbons (Fsp3) is 0.963. The largest absolute Gasteiger partial charge is 0.481 e. The summed E-state index contributed by atoms with van der Waals surface area (Å²) < 4.78 is 0. The molecule has 0 aliphatic heterocycles. The van der Waals surface area contributed by atoms with Gasteiger partial charge in [-0.2, -0.15) is 0 Å². The van der Waals surface area contributed by atoms with Crippen LogP contribution in [0.15, 0.2) is 0 Å². The lowest BCUT2D eigenvalue weighted by Gasteiger charge is -2.30. The number of unbranched alkanes of at least 4 members (excludes halogenated alkanes) is 15. The maximum Gasteiger partial charge on any atom is 0.300 e. The van der Waals surface area contributed by atoms with E-state index in [2.05, 4.69) is 20.8 Å². The molecule has 0 heterocycles. The summed E-state index contributed by atoms with van der Waals surface area (Å²) in [6.45, 7) is 7.98. The molecule has 0 aromatic carbocycles. The molecule has 0 unspecified atom stereocenters. The van der Waals surface area contributed by atoms with Gasteiger partial charge in [0.1, 0.15) is 0 Å². The van der Waals surface area contributed by atoms with Crippen molar-refractivity contribution >= 4 is 5.97 Å². The van der Waals surface area contributed by atoms with Crippen LogP contribution >= 0.6 is 0 Å². The van der Waals surface area contributed by atoms with E-state index in [9.17, 15) is 0 Å². The van der Waals surface area contributed by atoms with E-state index in [4.69, 9.17) is 15.6 Å². The van der Waals surface area contributed by atoms with Crippen LogP contribution in [0, 0.1) is 0 Å². The second kappa shape index (κ2) is 24.7. The van der Waals surface area contributed by atoms with E-state index in [-0.39, 0.29) is 5.54 Å². The number of nitrogens with two attached hydrogens (primary N) is 1. The van der Waals surface area contributed by atoms with Gasteiger partial charge in [-0.25, -0.2) is 0 Å². The molecule has 0 bridgehead atoms. The Kier molecular flexibility index (Phi) is 26.0. The maximum atomic E-state index is 9.00. The predicted molar refractivity (Wildman–Crippen MR) is 134 cm³/mol. The number of aliphatic carboxylic acids is 1. The Bertz CT molecular complexity index is 299. The lowest BCUT2D eigenvalue weighted by molar-refractivity contribution is -0.134. The van der Waals surface area contributed by atoms with Crippen LogP contribution < -0.4 is 5.73 Å². The van der Waals surface area contributed by atoms with Crippen LogP contribution in [0.3, 0.4) is 0 Å². The Labute approximate surface area is 190 Å². The van der Waals surface area contributed by atoms with Crippen molar-refractivity contribution in [3.8, 4) is 0 Å². The molecule has 30 heavy (non-hydrogen) atoms. The molecule has 0 rings (SSSR count). The molecule has 0 atom stereocenters. The first kappa shape index (κ1) is 31.6. The highest BCUT2D eigenvalue weighted by molar-refractivity contribution is 5.62.